The predicted molar refractivity (Wildman–Crippen MR) is 82.7 cm³/mol. The Kier molecular flexibility index (Phi) is 6.34. The van der Waals surface area contributed by atoms with Gasteiger partial charge < -0.3 is 4.79 Å². The normalized spacial score (nSPS) is 20.2. The summed E-state index contributed by atoms with van der Waals surface area (Å²) < 4.78 is 0. The van der Waals surface area contributed by atoms with Crippen molar-refractivity contribution in [2.24, 2.45) is 11.8 Å². The Morgan fingerprint density at radius 2 is 1.83 bits per heavy atom. The zero-order valence-electron chi connectivity index (χ0n) is 12.7. The highest BCUT2D eigenvalue weighted by Gasteiger charge is 2.22. The van der Waals surface area contributed by atoms with Gasteiger partial charge in [0.2, 0.25) is 0 Å². The summed E-state index contributed by atoms with van der Waals surface area (Å²) in [6, 6.07) is 1.24. The minimum atomic E-state index is -0.985. The van der Waals surface area contributed by atoms with Crippen LogP contribution in [0.15, 0.2) is 12.2 Å². The minimum absolute atomic E-state index is 0.350. The van der Waals surface area contributed by atoms with Crippen LogP contribution in [0.1, 0.15) is 45.4 Å². The van der Waals surface area contributed by atoms with E-state index in [0.29, 0.717) is 11.7 Å². The summed E-state index contributed by atoms with van der Waals surface area (Å²) in [6.45, 7) is 8.94. The maximum Gasteiger partial charge on any atom is 0.130 e. The van der Waals surface area contributed by atoms with Gasteiger partial charge in [-0.25, -0.2) is 0 Å². The summed E-state index contributed by atoms with van der Waals surface area (Å²) in [4.78, 5) is 11.4. The standard InChI is InChI=1S/C16H30OSi/c1-14(17)13-16(11-8-12-18(2,3)4)15-9-6-5-7-10-15/h8,11,15-16H,5-7,9-10,12-13H2,1-4H3/b11-8+. The van der Waals surface area contributed by atoms with Crippen molar-refractivity contribution < 1.29 is 4.79 Å². The molecule has 1 aliphatic rings. The van der Waals surface area contributed by atoms with Crippen LogP contribution in [-0.2, 0) is 4.79 Å². The van der Waals surface area contributed by atoms with Gasteiger partial charge in [-0.3, -0.25) is 0 Å². The van der Waals surface area contributed by atoms with Crippen molar-refractivity contribution in [3.05, 3.63) is 12.2 Å². The van der Waals surface area contributed by atoms with E-state index in [2.05, 4.69) is 31.8 Å². The molecule has 1 rings (SSSR count). The Bertz CT molecular complexity index is 282. The van der Waals surface area contributed by atoms with Gasteiger partial charge in [-0.05, 0) is 37.6 Å². The lowest BCUT2D eigenvalue weighted by Gasteiger charge is -2.28. The smallest absolute Gasteiger partial charge is 0.130 e. The highest BCUT2D eigenvalue weighted by molar-refractivity contribution is 6.76. The summed E-state index contributed by atoms with van der Waals surface area (Å²) in [7, 11) is -0.985. The van der Waals surface area contributed by atoms with Crippen molar-refractivity contribution in [1.82, 2.24) is 0 Å². The number of ketones is 1. The average Bonchev–Trinajstić information content (AvgIpc) is 2.27. The fourth-order valence-electron chi connectivity index (χ4n) is 2.88. The maximum atomic E-state index is 11.4. The first-order chi connectivity index (χ1) is 8.38. The van der Waals surface area contributed by atoms with Crippen LogP contribution in [0, 0.1) is 11.8 Å². The van der Waals surface area contributed by atoms with Gasteiger partial charge in [-0.15, -0.1) is 0 Å². The number of hydrogen-bond donors (Lipinski definition) is 0. The van der Waals surface area contributed by atoms with Gasteiger partial charge in [0.05, 0.1) is 0 Å². The summed E-state index contributed by atoms with van der Waals surface area (Å²) in [5.74, 6) is 1.63. The summed E-state index contributed by atoms with van der Waals surface area (Å²) in [5, 5.41) is 0. The zero-order valence-corrected chi connectivity index (χ0v) is 13.7. The van der Waals surface area contributed by atoms with Crippen molar-refractivity contribution in [2.75, 3.05) is 0 Å². The van der Waals surface area contributed by atoms with E-state index < -0.39 is 8.07 Å². The zero-order chi connectivity index (χ0) is 13.6. The lowest BCUT2D eigenvalue weighted by atomic mass is 9.78. The summed E-state index contributed by atoms with van der Waals surface area (Å²) in [5.41, 5.74) is 0. The van der Waals surface area contributed by atoms with Crippen LogP contribution in [0.2, 0.25) is 25.7 Å². The van der Waals surface area contributed by atoms with E-state index in [0.717, 1.165) is 12.3 Å². The van der Waals surface area contributed by atoms with Gasteiger partial charge >= 0.3 is 0 Å². The fourth-order valence-corrected chi connectivity index (χ4v) is 3.73. The molecule has 1 saturated carbocycles. The topological polar surface area (TPSA) is 17.1 Å². The third-order valence-electron chi connectivity index (χ3n) is 3.89. The van der Waals surface area contributed by atoms with E-state index in [1.807, 2.05) is 0 Å². The van der Waals surface area contributed by atoms with E-state index in [9.17, 15) is 4.79 Å². The first-order valence-corrected chi connectivity index (χ1v) is 11.3. The SMILES string of the molecule is CC(=O)CC(/C=C/C[Si](C)(C)C)C1CCCCC1. The number of rotatable bonds is 6. The van der Waals surface area contributed by atoms with Crippen LogP contribution in [0.3, 0.4) is 0 Å². The molecule has 1 atom stereocenters. The summed E-state index contributed by atoms with van der Waals surface area (Å²) in [6.07, 6.45) is 12.3. The second kappa shape index (κ2) is 7.27. The number of carbonyl (C=O) groups is 1. The van der Waals surface area contributed by atoms with Gasteiger partial charge in [-0.2, -0.15) is 0 Å². The largest absolute Gasteiger partial charge is 0.300 e. The van der Waals surface area contributed by atoms with Crippen molar-refractivity contribution in [2.45, 2.75) is 71.1 Å². The van der Waals surface area contributed by atoms with Crippen LogP contribution >= 0.6 is 0 Å². The molecule has 0 spiro atoms. The van der Waals surface area contributed by atoms with Crippen LogP contribution in [0.4, 0.5) is 0 Å². The summed E-state index contributed by atoms with van der Waals surface area (Å²) >= 11 is 0. The predicted octanol–water partition coefficient (Wildman–Crippen LogP) is 5.06. The first kappa shape index (κ1) is 15.7. The van der Waals surface area contributed by atoms with Gasteiger partial charge in [0.15, 0.2) is 0 Å². The quantitative estimate of drug-likeness (QED) is 0.485. The van der Waals surface area contributed by atoms with Gasteiger partial charge in [0, 0.05) is 14.5 Å². The second-order valence-corrected chi connectivity index (χ2v) is 12.7. The molecule has 18 heavy (non-hydrogen) atoms. The Morgan fingerprint density at radius 1 is 1.22 bits per heavy atom. The second-order valence-electron chi connectivity index (χ2n) is 7.16. The molecule has 0 aromatic carbocycles. The lowest BCUT2D eigenvalue weighted by molar-refractivity contribution is -0.118. The molecule has 0 aliphatic heterocycles. The molecule has 0 aromatic heterocycles. The fraction of sp³-hybridized carbons (Fsp3) is 0.812. The molecular formula is C16H30OSi. The van der Waals surface area contributed by atoms with E-state index in [1.54, 1.807) is 6.92 Å². The molecule has 1 aliphatic carbocycles. The van der Waals surface area contributed by atoms with Gasteiger partial charge in [0.25, 0.3) is 0 Å². The molecule has 0 amide bonds. The molecular weight excluding hydrogens is 236 g/mol. The lowest BCUT2D eigenvalue weighted by Crippen LogP contribution is -2.20. The van der Waals surface area contributed by atoms with E-state index in [4.69, 9.17) is 0 Å². The number of Topliss-reactive ketones (excluding diaryl/α,β-unsaturated/α-hetero) is 1. The molecule has 104 valence electrons. The molecule has 0 radical (unpaired) electrons. The third-order valence-corrected chi connectivity index (χ3v) is 5.35. The van der Waals surface area contributed by atoms with Crippen molar-refractivity contribution in [3.63, 3.8) is 0 Å². The van der Waals surface area contributed by atoms with E-state index in [1.165, 1.54) is 38.1 Å². The number of carbonyl (C=O) groups excluding carboxylic acids is 1. The van der Waals surface area contributed by atoms with Crippen molar-refractivity contribution in [3.8, 4) is 0 Å². The van der Waals surface area contributed by atoms with Crippen molar-refractivity contribution >= 4 is 13.9 Å². The Hall–Kier alpha value is -0.373. The van der Waals surface area contributed by atoms with Crippen LogP contribution in [-0.4, -0.2) is 13.9 Å². The molecule has 0 bridgehead atoms. The Labute approximate surface area is 114 Å². The van der Waals surface area contributed by atoms with E-state index in [-0.39, 0.29) is 0 Å². The monoisotopic (exact) mass is 266 g/mol. The minimum Gasteiger partial charge on any atom is -0.300 e. The third kappa shape index (κ3) is 6.53. The van der Waals surface area contributed by atoms with Crippen LogP contribution < -0.4 is 0 Å². The van der Waals surface area contributed by atoms with Gasteiger partial charge in [0.1, 0.15) is 5.78 Å². The van der Waals surface area contributed by atoms with E-state index >= 15 is 0 Å². The highest BCUT2D eigenvalue weighted by Crippen LogP contribution is 2.33. The molecule has 1 nitrogen and oxygen atoms in total. The average molecular weight is 267 g/mol. The van der Waals surface area contributed by atoms with Crippen molar-refractivity contribution in [1.29, 1.82) is 0 Å². The first-order valence-electron chi connectivity index (χ1n) is 7.54. The number of hydrogen-bond acceptors (Lipinski definition) is 1. The molecule has 0 saturated heterocycles. The molecule has 0 N–H and O–H groups in total. The maximum absolute atomic E-state index is 11.4. The molecule has 2 heteroatoms. The number of allylic oxidation sites excluding steroid dienone is 2. The van der Waals surface area contributed by atoms with Crippen LogP contribution in [0.25, 0.3) is 0 Å². The molecule has 0 heterocycles. The molecule has 1 fully saturated rings. The highest BCUT2D eigenvalue weighted by atomic mass is 28.3. The molecule has 1 unspecified atom stereocenters. The Balaban J connectivity index is 2.56. The van der Waals surface area contributed by atoms with Crippen LogP contribution in [0.5, 0.6) is 0 Å². The Morgan fingerprint density at radius 3 is 2.33 bits per heavy atom. The van der Waals surface area contributed by atoms with Gasteiger partial charge in [-0.1, -0.05) is 51.1 Å². The molecule has 0 aromatic rings.